The zero-order chi connectivity index (χ0) is 13.1. The monoisotopic (exact) mass is 247 g/mol. The fourth-order valence-electron chi connectivity index (χ4n) is 1.83. The number of fused-ring (bicyclic) bond motifs is 1. The van der Waals surface area contributed by atoms with Gasteiger partial charge in [0.15, 0.2) is 0 Å². The van der Waals surface area contributed by atoms with Crippen LogP contribution < -0.4 is 11.3 Å². The molecule has 0 spiro atoms. The molecule has 2 rings (SSSR count). The van der Waals surface area contributed by atoms with Crippen LogP contribution in [0.2, 0.25) is 0 Å². The fraction of sp³-hybridized carbons (Fsp3) is 0.250. The van der Waals surface area contributed by atoms with Gasteiger partial charge in [-0.2, -0.15) is 0 Å². The Kier molecular flexibility index (Phi) is 3.38. The van der Waals surface area contributed by atoms with Crippen molar-refractivity contribution in [1.82, 2.24) is 9.55 Å². The lowest BCUT2D eigenvalue weighted by molar-refractivity contribution is 0.0998. The lowest BCUT2D eigenvalue weighted by atomic mass is 10.2. The number of carbonyl (C=O) groups excluding carboxylic acids is 1. The average molecular weight is 247 g/mol. The van der Waals surface area contributed by atoms with E-state index in [4.69, 9.17) is 10.8 Å². The highest BCUT2D eigenvalue weighted by atomic mass is 16.3. The molecule has 6 nitrogen and oxygen atoms in total. The molecule has 0 saturated heterocycles. The number of primary amides is 1. The van der Waals surface area contributed by atoms with Crippen LogP contribution in [-0.2, 0) is 6.54 Å². The summed E-state index contributed by atoms with van der Waals surface area (Å²) in [4.78, 5) is 27.4. The molecule has 3 N–H and O–H groups in total. The molecule has 0 aliphatic carbocycles. The number of aryl methyl sites for hydroxylation is 1. The zero-order valence-electron chi connectivity index (χ0n) is 9.67. The number of hydrogen-bond donors (Lipinski definition) is 2. The number of aliphatic hydroxyl groups is 1. The molecular formula is C12H13N3O3. The van der Waals surface area contributed by atoms with Gasteiger partial charge < -0.3 is 15.4 Å². The molecule has 2 aromatic heterocycles. The predicted octanol–water partition coefficient (Wildman–Crippen LogP) is -0.122. The van der Waals surface area contributed by atoms with E-state index < -0.39 is 11.5 Å². The number of aliphatic hydroxyl groups excluding tert-OH is 1. The van der Waals surface area contributed by atoms with Crippen LogP contribution in [0.3, 0.4) is 0 Å². The third-order valence-electron chi connectivity index (χ3n) is 2.67. The van der Waals surface area contributed by atoms with Crippen LogP contribution in [-0.4, -0.2) is 27.2 Å². The number of rotatable bonds is 4. The lowest BCUT2D eigenvalue weighted by Crippen LogP contribution is -2.30. The van der Waals surface area contributed by atoms with Crippen molar-refractivity contribution in [2.75, 3.05) is 6.61 Å². The second kappa shape index (κ2) is 4.97. The van der Waals surface area contributed by atoms with Crippen molar-refractivity contribution in [3.05, 3.63) is 40.3 Å². The average Bonchev–Trinajstić information content (AvgIpc) is 2.37. The first kappa shape index (κ1) is 12.3. The molecule has 0 unspecified atom stereocenters. The Morgan fingerprint density at radius 3 is 2.94 bits per heavy atom. The zero-order valence-corrected chi connectivity index (χ0v) is 9.67. The quantitative estimate of drug-likeness (QED) is 0.786. The van der Waals surface area contributed by atoms with Crippen molar-refractivity contribution >= 4 is 16.9 Å². The van der Waals surface area contributed by atoms with Crippen molar-refractivity contribution in [2.24, 2.45) is 5.73 Å². The number of amides is 1. The highest BCUT2D eigenvalue weighted by molar-refractivity contribution is 5.95. The maximum absolute atomic E-state index is 12.1. The van der Waals surface area contributed by atoms with Gasteiger partial charge in [0.1, 0.15) is 5.56 Å². The smallest absolute Gasteiger partial charge is 0.263 e. The third-order valence-corrected chi connectivity index (χ3v) is 2.67. The molecule has 1 amide bonds. The van der Waals surface area contributed by atoms with Crippen molar-refractivity contribution in [3.63, 3.8) is 0 Å². The molecule has 6 heteroatoms. The summed E-state index contributed by atoms with van der Waals surface area (Å²) in [6.07, 6.45) is 2.00. The van der Waals surface area contributed by atoms with Crippen LogP contribution in [0.5, 0.6) is 0 Å². The molecule has 0 aromatic carbocycles. The van der Waals surface area contributed by atoms with Gasteiger partial charge in [0.2, 0.25) is 0 Å². The molecular weight excluding hydrogens is 234 g/mol. The van der Waals surface area contributed by atoms with Gasteiger partial charge in [-0.25, -0.2) is 0 Å². The van der Waals surface area contributed by atoms with Crippen molar-refractivity contribution in [3.8, 4) is 0 Å². The largest absolute Gasteiger partial charge is 0.396 e. The van der Waals surface area contributed by atoms with Gasteiger partial charge in [0.05, 0.1) is 11.0 Å². The van der Waals surface area contributed by atoms with Gasteiger partial charge in [-0.15, -0.1) is 0 Å². The first-order valence-electron chi connectivity index (χ1n) is 5.54. The maximum Gasteiger partial charge on any atom is 0.263 e. The second-order valence-electron chi connectivity index (χ2n) is 3.86. The third kappa shape index (κ3) is 2.10. The summed E-state index contributed by atoms with van der Waals surface area (Å²) in [5, 5.41) is 8.85. The summed E-state index contributed by atoms with van der Waals surface area (Å²) in [6.45, 7) is 0.285. The number of aromatic nitrogens is 2. The van der Waals surface area contributed by atoms with E-state index in [1.807, 2.05) is 0 Å². The summed E-state index contributed by atoms with van der Waals surface area (Å²) in [5.41, 5.74) is 5.80. The van der Waals surface area contributed by atoms with Crippen LogP contribution in [0.25, 0.3) is 11.0 Å². The highest BCUT2D eigenvalue weighted by Crippen LogP contribution is 2.10. The standard InChI is InChI=1S/C12H13N3O3/c13-11(17)8-7-9-10(3-1-4-14-9)15(12(8)18)5-2-6-16/h1,3-4,7,16H,2,5-6H2,(H2,13,17). The van der Waals surface area contributed by atoms with Crippen LogP contribution in [0.15, 0.2) is 29.2 Å². The molecule has 0 saturated carbocycles. The maximum atomic E-state index is 12.1. The van der Waals surface area contributed by atoms with Crippen LogP contribution >= 0.6 is 0 Å². The summed E-state index contributed by atoms with van der Waals surface area (Å²) < 4.78 is 1.42. The van der Waals surface area contributed by atoms with E-state index in [1.165, 1.54) is 10.6 Å². The Hall–Kier alpha value is -2.21. The van der Waals surface area contributed by atoms with Gasteiger partial charge in [0, 0.05) is 19.3 Å². The Morgan fingerprint density at radius 2 is 2.28 bits per heavy atom. The molecule has 0 fully saturated rings. The van der Waals surface area contributed by atoms with E-state index in [0.717, 1.165) is 0 Å². The topological polar surface area (TPSA) is 98.2 Å². The molecule has 0 bridgehead atoms. The molecule has 2 heterocycles. The second-order valence-corrected chi connectivity index (χ2v) is 3.86. The van der Waals surface area contributed by atoms with E-state index in [1.54, 1.807) is 18.3 Å². The first-order valence-corrected chi connectivity index (χ1v) is 5.54. The minimum atomic E-state index is -0.773. The van der Waals surface area contributed by atoms with Gasteiger partial charge in [-0.1, -0.05) is 0 Å². The summed E-state index contributed by atoms with van der Waals surface area (Å²) in [6, 6.07) is 4.85. The number of carbonyl (C=O) groups is 1. The number of nitrogens with zero attached hydrogens (tertiary/aromatic N) is 2. The predicted molar refractivity (Wildman–Crippen MR) is 66.2 cm³/mol. The highest BCUT2D eigenvalue weighted by Gasteiger charge is 2.13. The molecule has 0 aliphatic heterocycles. The fourth-order valence-corrected chi connectivity index (χ4v) is 1.83. The molecule has 0 radical (unpaired) electrons. The van der Waals surface area contributed by atoms with Gasteiger partial charge >= 0.3 is 0 Å². The molecule has 0 atom stereocenters. The van der Waals surface area contributed by atoms with Crippen molar-refractivity contribution in [2.45, 2.75) is 13.0 Å². The summed E-state index contributed by atoms with van der Waals surface area (Å²) in [5.74, 6) is -0.773. The van der Waals surface area contributed by atoms with Crippen LogP contribution in [0.4, 0.5) is 0 Å². The van der Waals surface area contributed by atoms with E-state index in [0.29, 0.717) is 24.0 Å². The Labute approximate surface area is 103 Å². The van der Waals surface area contributed by atoms with E-state index in [-0.39, 0.29) is 12.2 Å². The van der Waals surface area contributed by atoms with Gasteiger partial charge in [0.25, 0.3) is 11.5 Å². The van der Waals surface area contributed by atoms with Crippen molar-refractivity contribution in [1.29, 1.82) is 0 Å². The lowest BCUT2D eigenvalue weighted by Gasteiger charge is -2.10. The number of pyridine rings is 2. The Bertz CT molecular complexity index is 649. The van der Waals surface area contributed by atoms with Crippen LogP contribution in [0, 0.1) is 0 Å². The number of hydrogen-bond acceptors (Lipinski definition) is 4. The normalized spacial score (nSPS) is 10.7. The van der Waals surface area contributed by atoms with Gasteiger partial charge in [-0.05, 0) is 24.6 Å². The van der Waals surface area contributed by atoms with E-state index >= 15 is 0 Å². The Morgan fingerprint density at radius 1 is 1.50 bits per heavy atom. The SMILES string of the molecule is NC(=O)c1cc2ncccc2n(CCCO)c1=O. The van der Waals surface area contributed by atoms with Gasteiger partial charge in [-0.3, -0.25) is 14.6 Å². The summed E-state index contributed by atoms with van der Waals surface area (Å²) in [7, 11) is 0. The van der Waals surface area contributed by atoms with E-state index in [2.05, 4.69) is 4.98 Å². The number of nitrogens with two attached hydrogens (primary N) is 1. The minimum absolute atomic E-state index is 0.0327. The van der Waals surface area contributed by atoms with E-state index in [9.17, 15) is 9.59 Å². The minimum Gasteiger partial charge on any atom is -0.396 e. The van der Waals surface area contributed by atoms with Crippen molar-refractivity contribution < 1.29 is 9.90 Å². The molecule has 0 aliphatic rings. The molecule has 18 heavy (non-hydrogen) atoms. The first-order chi connectivity index (χ1) is 8.65. The molecule has 2 aromatic rings. The van der Waals surface area contributed by atoms with Crippen LogP contribution in [0.1, 0.15) is 16.8 Å². The molecule has 94 valence electrons. The Balaban J connectivity index is 2.73. The summed E-state index contributed by atoms with van der Waals surface area (Å²) >= 11 is 0.